The Hall–Kier alpha value is -0.340. The van der Waals surface area contributed by atoms with Crippen LogP contribution in [0, 0.1) is 19.8 Å². The lowest BCUT2D eigenvalue weighted by molar-refractivity contribution is 0.596. The summed E-state index contributed by atoms with van der Waals surface area (Å²) in [5.74, 6) is 0.893. The van der Waals surface area contributed by atoms with Crippen LogP contribution in [0.4, 0.5) is 0 Å². The minimum Gasteiger partial charge on any atom is -0.324 e. The topological polar surface area (TPSA) is 26.0 Å². The van der Waals surface area contributed by atoms with Crippen molar-refractivity contribution in [2.75, 3.05) is 0 Å². The molecule has 1 nitrogen and oxygen atoms in total. The first-order chi connectivity index (χ1) is 7.08. The monoisotopic (exact) mass is 267 g/mol. The number of hydrogen-bond acceptors (Lipinski definition) is 1. The van der Waals surface area contributed by atoms with Crippen LogP contribution in [0.1, 0.15) is 42.0 Å². The Labute approximate surface area is 100 Å². The molecule has 1 aliphatic rings. The van der Waals surface area contributed by atoms with Gasteiger partial charge in [-0.25, -0.2) is 0 Å². The van der Waals surface area contributed by atoms with Gasteiger partial charge in [0.2, 0.25) is 0 Å². The summed E-state index contributed by atoms with van der Waals surface area (Å²) in [6.45, 7) is 4.26. The van der Waals surface area contributed by atoms with E-state index in [0.717, 1.165) is 12.3 Å². The van der Waals surface area contributed by atoms with E-state index in [1.165, 1.54) is 34.0 Å². The molecule has 1 aliphatic carbocycles. The Morgan fingerprint density at radius 2 is 1.87 bits per heavy atom. The second-order valence-electron chi connectivity index (χ2n) is 4.75. The molecule has 2 N–H and O–H groups in total. The molecule has 0 heterocycles. The molecule has 2 heteroatoms. The lowest BCUT2D eigenvalue weighted by Crippen LogP contribution is -2.11. The van der Waals surface area contributed by atoms with E-state index in [9.17, 15) is 0 Å². The second-order valence-corrected chi connectivity index (χ2v) is 5.55. The predicted molar refractivity (Wildman–Crippen MR) is 67.9 cm³/mol. The van der Waals surface area contributed by atoms with E-state index in [-0.39, 0.29) is 6.04 Å². The number of hydrogen-bond donors (Lipinski definition) is 1. The molecular formula is C13H18BrN. The maximum atomic E-state index is 6.21. The van der Waals surface area contributed by atoms with Crippen molar-refractivity contribution >= 4 is 15.9 Å². The Bertz CT molecular complexity index is 346. The van der Waals surface area contributed by atoms with Crippen molar-refractivity contribution in [1.82, 2.24) is 0 Å². The summed E-state index contributed by atoms with van der Waals surface area (Å²) in [5, 5.41) is 0. The fourth-order valence-corrected chi connectivity index (χ4v) is 2.27. The average molecular weight is 268 g/mol. The smallest absolute Gasteiger partial charge is 0.0297 e. The van der Waals surface area contributed by atoms with Crippen molar-refractivity contribution in [3.8, 4) is 0 Å². The van der Waals surface area contributed by atoms with E-state index < -0.39 is 0 Å². The van der Waals surface area contributed by atoms with Gasteiger partial charge in [0, 0.05) is 10.5 Å². The zero-order chi connectivity index (χ0) is 11.0. The van der Waals surface area contributed by atoms with Crippen LogP contribution in [0.15, 0.2) is 16.6 Å². The number of rotatable bonds is 3. The lowest BCUT2D eigenvalue weighted by Gasteiger charge is -2.14. The predicted octanol–water partition coefficient (Wildman–Crippen LogP) is 3.87. The number of aryl methyl sites for hydroxylation is 2. The second kappa shape index (κ2) is 4.26. The third-order valence-electron chi connectivity index (χ3n) is 3.17. The van der Waals surface area contributed by atoms with Gasteiger partial charge in [-0.2, -0.15) is 0 Å². The van der Waals surface area contributed by atoms with E-state index in [4.69, 9.17) is 5.73 Å². The van der Waals surface area contributed by atoms with Crippen LogP contribution in [0.5, 0.6) is 0 Å². The summed E-state index contributed by atoms with van der Waals surface area (Å²) >= 11 is 3.58. The molecule has 1 saturated carbocycles. The lowest BCUT2D eigenvalue weighted by atomic mass is 9.98. The van der Waals surface area contributed by atoms with Crippen LogP contribution in [0.2, 0.25) is 0 Å². The van der Waals surface area contributed by atoms with E-state index in [2.05, 4.69) is 41.9 Å². The SMILES string of the molecule is Cc1cc(C(N)CC2CC2)cc(C)c1Br. The summed E-state index contributed by atoms with van der Waals surface area (Å²) < 4.78 is 1.21. The van der Waals surface area contributed by atoms with Gasteiger partial charge in [-0.05, 0) is 42.9 Å². The van der Waals surface area contributed by atoms with Gasteiger partial charge < -0.3 is 5.73 Å². The molecule has 0 saturated heterocycles. The van der Waals surface area contributed by atoms with Gasteiger partial charge in [-0.15, -0.1) is 0 Å². The molecule has 0 aromatic heterocycles. The molecule has 0 bridgehead atoms. The zero-order valence-corrected chi connectivity index (χ0v) is 11.0. The van der Waals surface area contributed by atoms with E-state index >= 15 is 0 Å². The molecule has 1 aromatic rings. The maximum absolute atomic E-state index is 6.21. The molecule has 0 amide bonds. The van der Waals surface area contributed by atoms with E-state index in [0.29, 0.717) is 0 Å². The van der Waals surface area contributed by atoms with Gasteiger partial charge in [0.05, 0.1) is 0 Å². The first-order valence-electron chi connectivity index (χ1n) is 5.60. The molecule has 1 aromatic carbocycles. The summed E-state index contributed by atoms with van der Waals surface area (Å²) in [4.78, 5) is 0. The average Bonchev–Trinajstić information content (AvgIpc) is 2.97. The highest BCUT2D eigenvalue weighted by molar-refractivity contribution is 9.10. The first-order valence-corrected chi connectivity index (χ1v) is 6.39. The molecular weight excluding hydrogens is 250 g/mol. The molecule has 15 heavy (non-hydrogen) atoms. The third-order valence-corrected chi connectivity index (χ3v) is 4.42. The molecule has 2 rings (SSSR count). The van der Waals surface area contributed by atoms with Gasteiger partial charge in [-0.3, -0.25) is 0 Å². The Kier molecular flexibility index (Phi) is 3.17. The minimum atomic E-state index is 0.225. The molecule has 0 spiro atoms. The van der Waals surface area contributed by atoms with Gasteiger partial charge >= 0.3 is 0 Å². The van der Waals surface area contributed by atoms with Crippen LogP contribution >= 0.6 is 15.9 Å². The molecule has 1 unspecified atom stereocenters. The van der Waals surface area contributed by atoms with Gasteiger partial charge in [-0.1, -0.05) is 40.9 Å². The highest BCUT2D eigenvalue weighted by Crippen LogP contribution is 2.37. The molecule has 0 radical (unpaired) electrons. The molecule has 1 atom stereocenters. The van der Waals surface area contributed by atoms with Crippen molar-refractivity contribution in [2.45, 2.75) is 39.2 Å². The zero-order valence-electron chi connectivity index (χ0n) is 9.39. The summed E-state index contributed by atoms with van der Waals surface area (Å²) in [6, 6.07) is 4.65. The van der Waals surface area contributed by atoms with Gasteiger partial charge in [0.25, 0.3) is 0 Å². The fourth-order valence-electron chi connectivity index (χ4n) is 2.04. The van der Waals surface area contributed by atoms with Crippen molar-refractivity contribution in [3.63, 3.8) is 0 Å². The summed E-state index contributed by atoms with van der Waals surface area (Å²) in [6.07, 6.45) is 3.91. The van der Waals surface area contributed by atoms with Crippen molar-refractivity contribution in [2.24, 2.45) is 11.7 Å². The number of halogens is 1. The first kappa shape index (κ1) is 11.2. The van der Waals surface area contributed by atoms with Crippen molar-refractivity contribution in [1.29, 1.82) is 0 Å². The minimum absolute atomic E-state index is 0.225. The van der Waals surface area contributed by atoms with E-state index in [1.807, 2.05) is 0 Å². The largest absolute Gasteiger partial charge is 0.324 e. The summed E-state index contributed by atoms with van der Waals surface area (Å²) in [7, 11) is 0. The quantitative estimate of drug-likeness (QED) is 0.884. The normalized spacial score (nSPS) is 17.9. The highest BCUT2D eigenvalue weighted by atomic mass is 79.9. The molecule has 1 fully saturated rings. The van der Waals surface area contributed by atoms with Crippen LogP contribution in [-0.4, -0.2) is 0 Å². The fraction of sp³-hybridized carbons (Fsp3) is 0.538. The number of nitrogens with two attached hydrogens (primary N) is 1. The number of benzene rings is 1. The van der Waals surface area contributed by atoms with Crippen LogP contribution in [0.25, 0.3) is 0 Å². The Morgan fingerprint density at radius 1 is 1.33 bits per heavy atom. The van der Waals surface area contributed by atoms with Crippen LogP contribution in [-0.2, 0) is 0 Å². The molecule has 0 aliphatic heterocycles. The highest BCUT2D eigenvalue weighted by Gasteiger charge is 2.24. The van der Waals surface area contributed by atoms with Gasteiger partial charge in [0.15, 0.2) is 0 Å². The van der Waals surface area contributed by atoms with Crippen molar-refractivity contribution in [3.05, 3.63) is 33.3 Å². The molecule has 82 valence electrons. The van der Waals surface area contributed by atoms with E-state index in [1.54, 1.807) is 0 Å². The van der Waals surface area contributed by atoms with Crippen molar-refractivity contribution < 1.29 is 0 Å². The standard InChI is InChI=1S/C13H18BrN/c1-8-5-11(6-9(2)13(8)14)12(15)7-10-3-4-10/h5-6,10,12H,3-4,7,15H2,1-2H3. The Balaban J connectivity index is 2.19. The Morgan fingerprint density at radius 3 is 2.33 bits per heavy atom. The third kappa shape index (κ3) is 2.61. The maximum Gasteiger partial charge on any atom is 0.0297 e. The summed E-state index contributed by atoms with van der Waals surface area (Å²) in [5.41, 5.74) is 10.1. The van der Waals surface area contributed by atoms with Crippen LogP contribution in [0.3, 0.4) is 0 Å². The van der Waals surface area contributed by atoms with Crippen LogP contribution < -0.4 is 5.73 Å². The van der Waals surface area contributed by atoms with Gasteiger partial charge in [0.1, 0.15) is 0 Å².